The number of aryl methyl sites for hydroxylation is 1. The van der Waals surface area contributed by atoms with Crippen LogP contribution < -0.4 is 0 Å². The first kappa shape index (κ1) is 19.9. The summed E-state index contributed by atoms with van der Waals surface area (Å²) in [5.74, 6) is 0.262. The van der Waals surface area contributed by atoms with Crippen molar-refractivity contribution in [2.75, 3.05) is 25.4 Å². The van der Waals surface area contributed by atoms with E-state index in [0.717, 1.165) is 19.4 Å². The third-order valence-corrected chi connectivity index (χ3v) is 7.01. The van der Waals surface area contributed by atoms with E-state index in [-0.39, 0.29) is 22.3 Å². The minimum Gasteiger partial charge on any atom is -0.508 e. The summed E-state index contributed by atoms with van der Waals surface area (Å²) in [6.07, 6.45) is 1.26. The van der Waals surface area contributed by atoms with Crippen LogP contribution in [0.4, 0.5) is 0 Å². The number of aliphatic hydroxyl groups is 1. The van der Waals surface area contributed by atoms with Gasteiger partial charge in [0.25, 0.3) is 0 Å². The lowest BCUT2D eigenvalue weighted by Gasteiger charge is -2.36. The number of rotatable bonds is 6. The van der Waals surface area contributed by atoms with Gasteiger partial charge in [0, 0.05) is 13.1 Å². The molecule has 0 spiro atoms. The molecule has 27 heavy (non-hydrogen) atoms. The highest BCUT2D eigenvalue weighted by atomic mass is 32.2. The molecule has 5 nitrogen and oxygen atoms in total. The van der Waals surface area contributed by atoms with Crippen molar-refractivity contribution >= 4 is 9.84 Å². The maximum absolute atomic E-state index is 12.4. The zero-order valence-electron chi connectivity index (χ0n) is 15.6. The largest absolute Gasteiger partial charge is 0.508 e. The molecule has 0 aromatic heterocycles. The van der Waals surface area contributed by atoms with Gasteiger partial charge in [-0.25, -0.2) is 8.42 Å². The van der Waals surface area contributed by atoms with Crippen molar-refractivity contribution in [3.8, 4) is 5.75 Å². The van der Waals surface area contributed by atoms with Crippen molar-refractivity contribution in [3.63, 3.8) is 0 Å². The van der Waals surface area contributed by atoms with Crippen LogP contribution in [0.5, 0.6) is 5.75 Å². The Balaban J connectivity index is 1.52. The van der Waals surface area contributed by atoms with Crippen LogP contribution in [0.2, 0.25) is 0 Å². The number of phenolic OH excluding ortho intramolecular Hbond substituents is 1. The van der Waals surface area contributed by atoms with Crippen LogP contribution >= 0.6 is 0 Å². The molecule has 0 bridgehead atoms. The number of piperidine rings is 1. The Kier molecular flexibility index (Phi) is 6.19. The van der Waals surface area contributed by atoms with Gasteiger partial charge in [0.2, 0.25) is 0 Å². The number of aliphatic hydroxyl groups excluding tert-OH is 1. The van der Waals surface area contributed by atoms with Crippen LogP contribution in [-0.4, -0.2) is 55.0 Å². The molecule has 3 rings (SSSR count). The van der Waals surface area contributed by atoms with Gasteiger partial charge >= 0.3 is 0 Å². The highest BCUT2D eigenvalue weighted by molar-refractivity contribution is 7.91. The Bertz CT molecular complexity index is 847. The van der Waals surface area contributed by atoms with Gasteiger partial charge in [-0.3, -0.25) is 4.90 Å². The number of likely N-dealkylation sites (tertiary alicyclic amines) is 1. The van der Waals surface area contributed by atoms with Gasteiger partial charge in [-0.1, -0.05) is 29.8 Å². The number of sulfone groups is 1. The molecule has 1 aliphatic heterocycles. The topological polar surface area (TPSA) is 77.8 Å². The van der Waals surface area contributed by atoms with E-state index in [4.69, 9.17) is 0 Å². The van der Waals surface area contributed by atoms with Gasteiger partial charge in [0.1, 0.15) is 5.75 Å². The van der Waals surface area contributed by atoms with Gasteiger partial charge in [-0.2, -0.15) is 0 Å². The predicted octanol–water partition coefficient (Wildman–Crippen LogP) is 2.40. The average Bonchev–Trinajstić information content (AvgIpc) is 2.64. The van der Waals surface area contributed by atoms with Gasteiger partial charge in [-0.15, -0.1) is 0 Å². The van der Waals surface area contributed by atoms with E-state index < -0.39 is 15.9 Å². The van der Waals surface area contributed by atoms with Crippen LogP contribution in [0.15, 0.2) is 53.4 Å². The molecule has 0 unspecified atom stereocenters. The van der Waals surface area contributed by atoms with Crippen molar-refractivity contribution in [1.29, 1.82) is 0 Å². The van der Waals surface area contributed by atoms with Crippen molar-refractivity contribution < 1.29 is 18.6 Å². The van der Waals surface area contributed by atoms with E-state index in [0.29, 0.717) is 13.1 Å². The molecule has 2 atom stereocenters. The molecular weight excluding hydrogens is 362 g/mol. The summed E-state index contributed by atoms with van der Waals surface area (Å²) in [4.78, 5) is 2.24. The van der Waals surface area contributed by atoms with Gasteiger partial charge in [-0.05, 0) is 62.1 Å². The molecular formula is C21H27NO4S. The summed E-state index contributed by atoms with van der Waals surface area (Å²) in [6, 6.07) is 14.0. The summed E-state index contributed by atoms with van der Waals surface area (Å²) in [6.45, 7) is 3.75. The van der Waals surface area contributed by atoms with Crippen molar-refractivity contribution in [3.05, 3.63) is 59.7 Å². The molecule has 1 heterocycles. The predicted molar refractivity (Wildman–Crippen MR) is 106 cm³/mol. The minimum absolute atomic E-state index is 0.00707. The second kappa shape index (κ2) is 8.42. The summed E-state index contributed by atoms with van der Waals surface area (Å²) < 4.78 is 24.9. The molecule has 0 saturated carbocycles. The molecule has 6 heteroatoms. The number of nitrogens with zero attached hydrogens (tertiary/aromatic N) is 1. The van der Waals surface area contributed by atoms with Crippen molar-refractivity contribution in [2.24, 2.45) is 5.92 Å². The quantitative estimate of drug-likeness (QED) is 0.793. The zero-order valence-corrected chi connectivity index (χ0v) is 16.4. The monoisotopic (exact) mass is 389 g/mol. The lowest BCUT2D eigenvalue weighted by Crippen LogP contribution is -2.46. The number of β-amino-alcohol motifs (C(OH)–C–C–N with tert-alkyl or cyclic N) is 1. The first-order valence-corrected chi connectivity index (χ1v) is 11.0. The molecule has 1 saturated heterocycles. The first-order valence-electron chi connectivity index (χ1n) is 9.31. The van der Waals surface area contributed by atoms with Gasteiger partial charge < -0.3 is 10.2 Å². The molecule has 0 aliphatic carbocycles. The molecule has 146 valence electrons. The Morgan fingerprint density at radius 2 is 1.74 bits per heavy atom. The Morgan fingerprint density at radius 1 is 1.07 bits per heavy atom. The minimum atomic E-state index is -3.39. The molecule has 0 radical (unpaired) electrons. The normalized spacial score (nSPS) is 21.3. The highest BCUT2D eigenvalue weighted by Gasteiger charge is 2.28. The van der Waals surface area contributed by atoms with E-state index in [9.17, 15) is 18.6 Å². The Hall–Kier alpha value is -1.89. The third kappa shape index (κ3) is 5.31. The smallest absolute Gasteiger partial charge is 0.179 e. The summed E-state index contributed by atoms with van der Waals surface area (Å²) in [5.41, 5.74) is 2.46. The van der Waals surface area contributed by atoms with Crippen LogP contribution in [0.3, 0.4) is 0 Å². The van der Waals surface area contributed by atoms with E-state index in [1.54, 1.807) is 0 Å². The van der Waals surface area contributed by atoms with Crippen molar-refractivity contribution in [1.82, 2.24) is 4.90 Å². The Morgan fingerprint density at radius 3 is 2.37 bits per heavy atom. The second-order valence-electron chi connectivity index (χ2n) is 7.42. The fraction of sp³-hybridized carbons (Fsp3) is 0.429. The van der Waals surface area contributed by atoms with E-state index in [1.807, 2.05) is 4.90 Å². The molecule has 1 aliphatic rings. The van der Waals surface area contributed by atoms with Crippen molar-refractivity contribution in [2.45, 2.75) is 30.8 Å². The summed E-state index contributed by atoms with van der Waals surface area (Å²) in [5, 5.41) is 19.8. The standard InChI is InChI=1S/C21H27NO4S/c1-16-2-4-17(5-3-16)14-18-10-11-22(15-21(18)24)12-13-27(25,26)20-8-6-19(23)7-9-20/h2-9,18,21,23-24H,10-15H2,1H3/t18-,21-/m0/s1. The maximum atomic E-state index is 12.4. The third-order valence-electron chi connectivity index (χ3n) is 5.30. The number of hydrogen-bond acceptors (Lipinski definition) is 5. The lowest BCUT2D eigenvalue weighted by atomic mass is 9.87. The maximum Gasteiger partial charge on any atom is 0.179 e. The summed E-state index contributed by atoms with van der Waals surface area (Å²) >= 11 is 0. The molecule has 2 N–H and O–H groups in total. The zero-order chi connectivity index (χ0) is 19.4. The molecule has 2 aromatic carbocycles. The van der Waals surface area contributed by atoms with Gasteiger partial charge in [0.05, 0.1) is 16.8 Å². The fourth-order valence-corrected chi connectivity index (χ4v) is 4.82. The number of benzene rings is 2. The lowest BCUT2D eigenvalue weighted by molar-refractivity contribution is 0.0245. The number of aromatic hydroxyl groups is 1. The fourth-order valence-electron chi connectivity index (χ4n) is 3.53. The first-order chi connectivity index (χ1) is 12.8. The molecule has 2 aromatic rings. The average molecular weight is 390 g/mol. The second-order valence-corrected chi connectivity index (χ2v) is 9.53. The highest BCUT2D eigenvalue weighted by Crippen LogP contribution is 2.23. The van der Waals surface area contributed by atoms with Crippen LogP contribution in [0.25, 0.3) is 0 Å². The molecule has 1 fully saturated rings. The van der Waals surface area contributed by atoms with Gasteiger partial charge in [0.15, 0.2) is 9.84 Å². The van der Waals surface area contributed by atoms with Crippen LogP contribution in [-0.2, 0) is 16.3 Å². The molecule has 0 amide bonds. The van der Waals surface area contributed by atoms with Crippen LogP contribution in [0, 0.1) is 12.8 Å². The van der Waals surface area contributed by atoms with E-state index in [1.165, 1.54) is 35.4 Å². The summed E-state index contributed by atoms with van der Waals surface area (Å²) in [7, 11) is -3.39. The van der Waals surface area contributed by atoms with E-state index >= 15 is 0 Å². The SMILES string of the molecule is Cc1ccc(C[C@@H]2CCN(CCS(=O)(=O)c3ccc(O)cc3)C[C@@H]2O)cc1. The van der Waals surface area contributed by atoms with E-state index in [2.05, 4.69) is 31.2 Å². The number of phenols is 1. The Labute approximate surface area is 161 Å². The number of hydrogen-bond donors (Lipinski definition) is 2. The van der Waals surface area contributed by atoms with Crippen LogP contribution in [0.1, 0.15) is 17.5 Å².